The fourth-order valence-electron chi connectivity index (χ4n) is 3.66. The maximum Gasteiger partial charge on any atom is 0.309 e. The summed E-state index contributed by atoms with van der Waals surface area (Å²) < 4.78 is 9.70. The molecule has 4 nitrogen and oxygen atoms in total. The zero-order chi connectivity index (χ0) is 13.3. The molecule has 0 aromatic heterocycles. The lowest BCUT2D eigenvalue weighted by molar-refractivity contribution is -0.153. The van der Waals surface area contributed by atoms with Gasteiger partial charge in [-0.05, 0) is 36.5 Å². The largest absolute Gasteiger partial charge is 0.469 e. The number of ether oxygens (including phenoxy) is 2. The molecule has 2 fully saturated rings. The number of fused-ring (bicyclic) bond motifs is 2. The molecule has 0 saturated heterocycles. The molecule has 0 aromatic carbocycles. The summed E-state index contributed by atoms with van der Waals surface area (Å²) in [6.07, 6.45) is 2.28. The third-order valence-corrected chi connectivity index (χ3v) is 4.98. The Morgan fingerprint density at radius 3 is 2.44 bits per heavy atom. The second kappa shape index (κ2) is 5.29. The summed E-state index contributed by atoms with van der Waals surface area (Å²) in [7, 11) is 1.34. The number of hydrogen-bond acceptors (Lipinski definition) is 4. The topological polar surface area (TPSA) is 52.6 Å². The van der Waals surface area contributed by atoms with Crippen LogP contribution >= 0.6 is 0 Å². The molecule has 0 spiro atoms. The van der Waals surface area contributed by atoms with Crippen molar-refractivity contribution in [1.82, 2.24) is 0 Å². The van der Waals surface area contributed by atoms with Gasteiger partial charge in [-0.15, -0.1) is 0 Å². The Kier molecular flexibility index (Phi) is 3.93. The average Bonchev–Trinajstić information content (AvgIpc) is 2.90. The van der Waals surface area contributed by atoms with Gasteiger partial charge < -0.3 is 9.47 Å². The summed E-state index contributed by atoms with van der Waals surface area (Å²) in [5.41, 5.74) is 0. The van der Waals surface area contributed by atoms with Gasteiger partial charge in [-0.25, -0.2) is 0 Å². The van der Waals surface area contributed by atoms with Crippen molar-refractivity contribution in [2.75, 3.05) is 13.7 Å². The van der Waals surface area contributed by atoms with E-state index in [0.29, 0.717) is 17.8 Å². The second-order valence-corrected chi connectivity index (χ2v) is 5.71. The van der Waals surface area contributed by atoms with Crippen molar-refractivity contribution in [2.24, 2.45) is 29.6 Å². The van der Waals surface area contributed by atoms with E-state index in [1.807, 2.05) is 0 Å². The number of carbonyl (C=O) groups excluding carboxylic acids is 2. The van der Waals surface area contributed by atoms with Gasteiger partial charge in [-0.2, -0.15) is 0 Å². The van der Waals surface area contributed by atoms with Crippen LogP contribution < -0.4 is 0 Å². The second-order valence-electron chi connectivity index (χ2n) is 5.71. The van der Waals surface area contributed by atoms with Gasteiger partial charge in [0.05, 0.1) is 19.4 Å². The maximum atomic E-state index is 12.0. The monoisotopic (exact) mass is 254 g/mol. The summed E-state index contributed by atoms with van der Waals surface area (Å²) in [5.74, 6) is 2.11. The Balaban J connectivity index is 1.79. The fraction of sp³-hybridized carbons (Fsp3) is 0.857. The van der Waals surface area contributed by atoms with Gasteiger partial charge in [-0.1, -0.05) is 13.8 Å². The van der Waals surface area contributed by atoms with Gasteiger partial charge in [0, 0.05) is 0 Å². The number of esters is 2. The van der Waals surface area contributed by atoms with E-state index in [-0.39, 0.29) is 30.9 Å². The summed E-state index contributed by atoms with van der Waals surface area (Å²) in [5, 5.41) is 0. The zero-order valence-electron chi connectivity index (χ0n) is 11.3. The summed E-state index contributed by atoms with van der Waals surface area (Å²) in [6, 6.07) is 0. The summed E-state index contributed by atoms with van der Waals surface area (Å²) >= 11 is 0. The predicted octanol–water partition coefficient (Wildman–Crippen LogP) is 2.02. The van der Waals surface area contributed by atoms with E-state index in [1.165, 1.54) is 13.5 Å². The van der Waals surface area contributed by atoms with E-state index in [2.05, 4.69) is 18.6 Å². The predicted molar refractivity (Wildman–Crippen MR) is 65.6 cm³/mol. The lowest BCUT2D eigenvalue weighted by Crippen LogP contribution is -2.31. The minimum Gasteiger partial charge on any atom is -0.469 e. The van der Waals surface area contributed by atoms with Crippen LogP contribution in [0.3, 0.4) is 0 Å². The van der Waals surface area contributed by atoms with E-state index in [4.69, 9.17) is 4.74 Å². The first-order chi connectivity index (χ1) is 8.54. The first-order valence-electron chi connectivity index (χ1n) is 6.78. The van der Waals surface area contributed by atoms with Crippen LogP contribution in [0.2, 0.25) is 0 Å². The third kappa shape index (κ3) is 2.38. The molecule has 0 aliphatic heterocycles. The highest BCUT2D eigenvalue weighted by Gasteiger charge is 2.51. The molecule has 2 rings (SSSR count). The molecular weight excluding hydrogens is 232 g/mol. The lowest BCUT2D eigenvalue weighted by atomic mass is 9.76. The van der Waals surface area contributed by atoms with Crippen LogP contribution in [0.25, 0.3) is 0 Å². The highest BCUT2D eigenvalue weighted by atomic mass is 16.5. The van der Waals surface area contributed by atoms with Gasteiger partial charge in [-0.3, -0.25) is 9.59 Å². The van der Waals surface area contributed by atoms with Crippen molar-refractivity contribution in [1.29, 1.82) is 0 Å². The van der Waals surface area contributed by atoms with Gasteiger partial charge >= 0.3 is 11.9 Å². The van der Waals surface area contributed by atoms with Crippen molar-refractivity contribution in [3.05, 3.63) is 0 Å². The molecule has 2 aliphatic rings. The van der Waals surface area contributed by atoms with Gasteiger partial charge in [0.25, 0.3) is 0 Å². The Morgan fingerprint density at radius 1 is 1.17 bits per heavy atom. The van der Waals surface area contributed by atoms with Crippen LogP contribution in [0.4, 0.5) is 0 Å². The van der Waals surface area contributed by atoms with Crippen molar-refractivity contribution >= 4 is 11.9 Å². The molecule has 0 amide bonds. The molecule has 18 heavy (non-hydrogen) atoms. The van der Waals surface area contributed by atoms with Crippen LogP contribution in [0.1, 0.15) is 33.1 Å². The molecule has 2 bridgehead atoms. The maximum absolute atomic E-state index is 12.0. The van der Waals surface area contributed by atoms with Crippen LogP contribution in [0.15, 0.2) is 0 Å². The van der Waals surface area contributed by atoms with Crippen LogP contribution in [-0.4, -0.2) is 25.7 Å². The SMILES string of the molecule is COC(=O)CCOC(=O)C1CC2CC1C(C)C2C. The number of hydrogen-bond donors (Lipinski definition) is 0. The number of rotatable bonds is 4. The summed E-state index contributed by atoms with van der Waals surface area (Å²) in [4.78, 5) is 22.9. The standard InChI is InChI=1S/C14H22O4/c1-8-9(2)11-6-10(8)7-12(11)14(16)18-5-4-13(15)17-3/h8-12H,4-7H2,1-3H3. The van der Waals surface area contributed by atoms with Crippen molar-refractivity contribution in [3.8, 4) is 0 Å². The van der Waals surface area contributed by atoms with Gasteiger partial charge in [0.2, 0.25) is 0 Å². The van der Waals surface area contributed by atoms with Crippen LogP contribution in [0.5, 0.6) is 0 Å². The molecule has 102 valence electrons. The zero-order valence-corrected chi connectivity index (χ0v) is 11.3. The normalized spacial score (nSPS) is 37.6. The van der Waals surface area contributed by atoms with Crippen molar-refractivity contribution in [2.45, 2.75) is 33.1 Å². The average molecular weight is 254 g/mol. The molecule has 5 atom stereocenters. The van der Waals surface area contributed by atoms with E-state index >= 15 is 0 Å². The Bertz CT molecular complexity index is 337. The molecule has 0 aromatic rings. The quantitative estimate of drug-likeness (QED) is 0.720. The van der Waals surface area contributed by atoms with Crippen LogP contribution in [-0.2, 0) is 19.1 Å². The van der Waals surface area contributed by atoms with Gasteiger partial charge in [0.15, 0.2) is 0 Å². The smallest absolute Gasteiger partial charge is 0.309 e. The number of carbonyl (C=O) groups is 2. The molecular formula is C14H22O4. The van der Waals surface area contributed by atoms with Crippen molar-refractivity contribution < 1.29 is 19.1 Å². The van der Waals surface area contributed by atoms with E-state index in [9.17, 15) is 9.59 Å². The minimum atomic E-state index is -0.335. The highest BCUT2D eigenvalue weighted by molar-refractivity contribution is 5.74. The lowest BCUT2D eigenvalue weighted by Gasteiger charge is -2.30. The van der Waals surface area contributed by atoms with Crippen LogP contribution in [0, 0.1) is 29.6 Å². The molecule has 2 saturated carbocycles. The Hall–Kier alpha value is -1.06. The molecule has 5 unspecified atom stereocenters. The van der Waals surface area contributed by atoms with E-state index in [0.717, 1.165) is 12.3 Å². The first-order valence-corrected chi connectivity index (χ1v) is 6.78. The minimum absolute atomic E-state index is 0.0545. The van der Waals surface area contributed by atoms with E-state index in [1.54, 1.807) is 0 Å². The molecule has 0 N–H and O–H groups in total. The third-order valence-electron chi connectivity index (χ3n) is 4.98. The van der Waals surface area contributed by atoms with Gasteiger partial charge in [0.1, 0.15) is 6.61 Å². The number of methoxy groups -OCH3 is 1. The molecule has 4 heteroatoms. The molecule has 0 heterocycles. The van der Waals surface area contributed by atoms with E-state index < -0.39 is 0 Å². The van der Waals surface area contributed by atoms with Crippen molar-refractivity contribution in [3.63, 3.8) is 0 Å². The molecule has 2 aliphatic carbocycles. The highest BCUT2D eigenvalue weighted by Crippen LogP contribution is 2.55. The fourth-order valence-corrected chi connectivity index (χ4v) is 3.66. The Morgan fingerprint density at radius 2 is 1.89 bits per heavy atom. The molecule has 0 radical (unpaired) electrons. The first kappa shape index (κ1) is 13.4. The Labute approximate surface area is 108 Å². The summed E-state index contributed by atoms with van der Waals surface area (Å²) in [6.45, 7) is 4.67.